The maximum Gasteiger partial charge on any atom is 0.314 e. The predicted molar refractivity (Wildman–Crippen MR) is 57.2 cm³/mol. The average molecular weight is 232 g/mol. The molecule has 1 rings (SSSR count). The summed E-state index contributed by atoms with van der Waals surface area (Å²) in [7, 11) is 1.42. The van der Waals surface area contributed by atoms with E-state index in [-0.39, 0.29) is 19.6 Å². The summed E-state index contributed by atoms with van der Waals surface area (Å²) in [5.41, 5.74) is -3.24. The summed E-state index contributed by atoms with van der Waals surface area (Å²) in [6.45, 7) is 5.13. The first kappa shape index (κ1) is 13.4. The van der Waals surface area contributed by atoms with E-state index in [2.05, 4.69) is 0 Å². The largest absolute Gasteiger partial charge is 0.481 e. The molecule has 1 saturated heterocycles. The molecule has 5 heteroatoms. The van der Waals surface area contributed by atoms with Crippen molar-refractivity contribution in [3.05, 3.63) is 0 Å². The van der Waals surface area contributed by atoms with Crippen LogP contribution in [0.3, 0.4) is 0 Å². The number of ether oxygens (including phenoxy) is 2. The van der Waals surface area contributed by atoms with Gasteiger partial charge in [-0.15, -0.1) is 0 Å². The van der Waals surface area contributed by atoms with Gasteiger partial charge < -0.3 is 19.7 Å². The molecule has 0 amide bonds. The van der Waals surface area contributed by atoms with E-state index >= 15 is 0 Å². The quantitative estimate of drug-likeness (QED) is 0.744. The molecule has 0 spiro atoms. The van der Waals surface area contributed by atoms with Gasteiger partial charge in [0.2, 0.25) is 0 Å². The Bertz CT molecular complexity index is 288. The minimum atomic E-state index is -1.39. The molecule has 2 N–H and O–H groups in total. The third-order valence-electron chi connectivity index (χ3n) is 3.35. The Morgan fingerprint density at radius 3 is 2.44 bits per heavy atom. The minimum Gasteiger partial charge on any atom is -0.481 e. The molecular formula is C11H20O5. The molecule has 0 aliphatic carbocycles. The van der Waals surface area contributed by atoms with Crippen LogP contribution in [0.15, 0.2) is 0 Å². The zero-order chi connectivity index (χ0) is 12.6. The lowest BCUT2D eigenvalue weighted by Gasteiger charge is -2.38. The molecule has 2 atom stereocenters. The van der Waals surface area contributed by atoms with Gasteiger partial charge in [0.25, 0.3) is 0 Å². The summed E-state index contributed by atoms with van der Waals surface area (Å²) in [6, 6.07) is 0. The smallest absolute Gasteiger partial charge is 0.314 e. The number of carbonyl (C=O) groups is 1. The summed E-state index contributed by atoms with van der Waals surface area (Å²) in [6.07, 6.45) is 0.284. The topological polar surface area (TPSA) is 76.0 Å². The Balaban J connectivity index is 3.00. The van der Waals surface area contributed by atoms with Crippen LogP contribution in [0, 0.1) is 5.41 Å². The highest BCUT2D eigenvalue weighted by molar-refractivity contribution is 5.76. The van der Waals surface area contributed by atoms with Gasteiger partial charge in [0, 0.05) is 13.5 Å². The highest BCUT2D eigenvalue weighted by Crippen LogP contribution is 2.44. The summed E-state index contributed by atoms with van der Waals surface area (Å²) < 4.78 is 10.3. The highest BCUT2D eigenvalue weighted by atomic mass is 16.5. The molecule has 0 radical (unpaired) electrons. The fourth-order valence-corrected chi connectivity index (χ4v) is 2.16. The molecular weight excluding hydrogens is 212 g/mol. The van der Waals surface area contributed by atoms with Crippen LogP contribution in [-0.2, 0) is 14.3 Å². The van der Waals surface area contributed by atoms with Crippen molar-refractivity contribution in [2.45, 2.75) is 38.4 Å². The van der Waals surface area contributed by atoms with E-state index in [9.17, 15) is 15.0 Å². The van der Waals surface area contributed by atoms with Crippen LogP contribution in [0.25, 0.3) is 0 Å². The molecule has 16 heavy (non-hydrogen) atoms. The SMILES string of the molecule is COCC(C)(C(=O)O)C1(O)COC(C)(C)C1. The van der Waals surface area contributed by atoms with Gasteiger partial charge in [0.1, 0.15) is 11.0 Å². The number of carboxylic acids is 1. The van der Waals surface area contributed by atoms with Crippen molar-refractivity contribution < 1.29 is 24.5 Å². The normalized spacial score (nSPS) is 32.3. The molecule has 1 heterocycles. The number of methoxy groups -OCH3 is 1. The molecule has 5 nitrogen and oxygen atoms in total. The van der Waals surface area contributed by atoms with Crippen molar-refractivity contribution >= 4 is 5.97 Å². The van der Waals surface area contributed by atoms with Crippen molar-refractivity contribution in [3.63, 3.8) is 0 Å². The first-order chi connectivity index (χ1) is 7.17. The summed E-state index contributed by atoms with van der Waals surface area (Å²) in [5, 5.41) is 19.7. The van der Waals surface area contributed by atoms with E-state index in [4.69, 9.17) is 9.47 Å². The van der Waals surface area contributed by atoms with E-state index in [1.54, 1.807) is 0 Å². The number of rotatable bonds is 4. The second kappa shape index (κ2) is 3.98. The highest BCUT2D eigenvalue weighted by Gasteiger charge is 2.58. The van der Waals surface area contributed by atoms with Crippen LogP contribution in [-0.4, -0.2) is 47.7 Å². The Morgan fingerprint density at radius 1 is 1.56 bits per heavy atom. The molecule has 94 valence electrons. The lowest BCUT2D eigenvalue weighted by Crippen LogP contribution is -2.55. The van der Waals surface area contributed by atoms with Gasteiger partial charge in [-0.3, -0.25) is 4.79 Å². The van der Waals surface area contributed by atoms with Crippen molar-refractivity contribution in [3.8, 4) is 0 Å². The molecule has 0 bridgehead atoms. The molecule has 1 aliphatic heterocycles. The van der Waals surface area contributed by atoms with Gasteiger partial charge >= 0.3 is 5.97 Å². The Labute approximate surface area is 95.4 Å². The molecule has 1 fully saturated rings. The number of aliphatic hydroxyl groups is 1. The van der Waals surface area contributed by atoms with Crippen molar-refractivity contribution in [2.75, 3.05) is 20.3 Å². The van der Waals surface area contributed by atoms with Crippen LogP contribution in [0.5, 0.6) is 0 Å². The fourth-order valence-electron chi connectivity index (χ4n) is 2.16. The maximum atomic E-state index is 11.3. The van der Waals surface area contributed by atoms with Crippen molar-refractivity contribution in [2.24, 2.45) is 5.41 Å². The van der Waals surface area contributed by atoms with E-state index < -0.39 is 22.6 Å². The second-order valence-corrected chi connectivity index (χ2v) is 5.33. The average Bonchev–Trinajstić information content (AvgIpc) is 2.42. The Morgan fingerprint density at radius 2 is 2.12 bits per heavy atom. The lowest BCUT2D eigenvalue weighted by molar-refractivity contribution is -0.174. The monoisotopic (exact) mass is 232 g/mol. The third-order valence-corrected chi connectivity index (χ3v) is 3.35. The summed E-state index contributed by atoms with van der Waals surface area (Å²) in [4.78, 5) is 11.3. The molecule has 0 aromatic rings. The van der Waals surface area contributed by atoms with E-state index in [0.717, 1.165) is 0 Å². The van der Waals surface area contributed by atoms with E-state index in [1.807, 2.05) is 13.8 Å². The molecule has 0 aromatic heterocycles. The minimum absolute atomic E-state index is 0.0200. The zero-order valence-electron chi connectivity index (χ0n) is 10.2. The van der Waals surface area contributed by atoms with E-state index in [1.165, 1.54) is 14.0 Å². The molecule has 1 aliphatic rings. The fraction of sp³-hybridized carbons (Fsp3) is 0.909. The van der Waals surface area contributed by atoms with Crippen molar-refractivity contribution in [1.82, 2.24) is 0 Å². The molecule has 2 unspecified atom stereocenters. The van der Waals surface area contributed by atoms with Gasteiger partial charge in [-0.05, 0) is 20.8 Å². The van der Waals surface area contributed by atoms with Gasteiger partial charge in [0.05, 0.1) is 18.8 Å². The standard InChI is InChI=1S/C11H20O5/c1-9(2)5-11(14,7-16-9)10(3,6-15-4)8(12)13/h14H,5-7H2,1-4H3,(H,12,13). The van der Waals surface area contributed by atoms with Crippen LogP contribution in [0.1, 0.15) is 27.2 Å². The van der Waals surface area contributed by atoms with Crippen LogP contribution in [0.4, 0.5) is 0 Å². The number of hydrogen-bond acceptors (Lipinski definition) is 4. The Hall–Kier alpha value is -0.650. The Kier molecular flexibility index (Phi) is 3.34. The first-order valence-corrected chi connectivity index (χ1v) is 5.26. The van der Waals surface area contributed by atoms with Crippen LogP contribution < -0.4 is 0 Å². The van der Waals surface area contributed by atoms with Gasteiger partial charge in [0.15, 0.2) is 0 Å². The van der Waals surface area contributed by atoms with Gasteiger partial charge in [-0.1, -0.05) is 0 Å². The predicted octanol–water partition coefficient (Wildman–Crippen LogP) is 0.654. The zero-order valence-corrected chi connectivity index (χ0v) is 10.2. The summed E-state index contributed by atoms with van der Waals surface area (Å²) >= 11 is 0. The number of carboxylic acid groups (broad SMARTS) is 1. The first-order valence-electron chi connectivity index (χ1n) is 5.26. The summed E-state index contributed by atoms with van der Waals surface area (Å²) in [5.74, 6) is -1.07. The number of aliphatic carboxylic acids is 1. The van der Waals surface area contributed by atoms with Crippen molar-refractivity contribution in [1.29, 1.82) is 0 Å². The number of hydrogen-bond donors (Lipinski definition) is 2. The lowest BCUT2D eigenvalue weighted by atomic mass is 9.71. The van der Waals surface area contributed by atoms with Crippen LogP contribution in [0.2, 0.25) is 0 Å². The van der Waals surface area contributed by atoms with E-state index in [0.29, 0.717) is 0 Å². The van der Waals surface area contributed by atoms with Gasteiger partial charge in [-0.2, -0.15) is 0 Å². The van der Waals surface area contributed by atoms with Crippen LogP contribution >= 0.6 is 0 Å². The molecule has 0 aromatic carbocycles. The second-order valence-electron chi connectivity index (χ2n) is 5.33. The van der Waals surface area contributed by atoms with Gasteiger partial charge in [-0.25, -0.2) is 0 Å². The third kappa shape index (κ3) is 2.07. The maximum absolute atomic E-state index is 11.3. The molecule has 0 saturated carbocycles.